The Hall–Kier alpha value is -2.87. The first kappa shape index (κ1) is 17.9. The molecule has 0 aliphatic carbocycles. The summed E-state index contributed by atoms with van der Waals surface area (Å²) < 4.78 is 14.8. The first-order valence-electron chi connectivity index (χ1n) is 7.73. The second-order valence-electron chi connectivity index (χ2n) is 6.03. The van der Waals surface area contributed by atoms with Gasteiger partial charge in [-0.2, -0.15) is 0 Å². The molecule has 1 N–H and O–H groups in total. The van der Waals surface area contributed by atoms with Crippen LogP contribution < -0.4 is 11.2 Å². The topological polar surface area (TPSA) is 97.7 Å². The van der Waals surface area contributed by atoms with Crippen molar-refractivity contribution in [3.63, 3.8) is 0 Å². The Bertz CT molecular complexity index is 1170. The molecule has 7 nitrogen and oxygen atoms in total. The number of Topliss-reactive ketones (excluding diaryl/α,β-unsaturated/α-hetero) is 1. The van der Waals surface area contributed by atoms with Crippen LogP contribution in [0.1, 0.15) is 42.7 Å². The van der Waals surface area contributed by atoms with Crippen LogP contribution in [-0.4, -0.2) is 25.3 Å². The van der Waals surface area contributed by atoms with E-state index in [4.69, 9.17) is 11.6 Å². The summed E-state index contributed by atoms with van der Waals surface area (Å²) in [6.45, 7) is 5.03. The van der Waals surface area contributed by atoms with Crippen molar-refractivity contribution in [1.29, 1.82) is 0 Å². The van der Waals surface area contributed by atoms with Gasteiger partial charge in [-0.3, -0.25) is 19.6 Å². The lowest BCUT2D eigenvalue weighted by molar-refractivity contribution is 0.101. The normalized spacial score (nSPS) is 11.3. The van der Waals surface area contributed by atoms with Gasteiger partial charge in [-0.15, -0.1) is 0 Å². The van der Waals surface area contributed by atoms with Crippen LogP contribution in [-0.2, 0) is 0 Å². The summed E-state index contributed by atoms with van der Waals surface area (Å²) in [7, 11) is 0. The zero-order chi connectivity index (χ0) is 19.2. The largest absolute Gasteiger partial charge is 0.334 e. The van der Waals surface area contributed by atoms with Gasteiger partial charge < -0.3 is 0 Å². The Kier molecular flexibility index (Phi) is 4.45. The number of hydrogen-bond acceptors (Lipinski definition) is 5. The predicted molar refractivity (Wildman–Crippen MR) is 94.8 cm³/mol. The van der Waals surface area contributed by atoms with Crippen LogP contribution in [0.3, 0.4) is 0 Å². The molecule has 0 bridgehead atoms. The Labute approximate surface area is 151 Å². The lowest BCUT2D eigenvalue weighted by Gasteiger charge is -2.17. The van der Waals surface area contributed by atoms with E-state index in [2.05, 4.69) is 15.0 Å². The summed E-state index contributed by atoms with van der Waals surface area (Å²) in [5.74, 6) is -1.34. The van der Waals surface area contributed by atoms with E-state index in [9.17, 15) is 18.8 Å². The minimum Gasteiger partial charge on any atom is -0.294 e. The highest BCUT2D eigenvalue weighted by molar-refractivity contribution is 6.29. The number of aromatic amines is 1. The lowest BCUT2D eigenvalue weighted by Crippen LogP contribution is -2.32. The maximum Gasteiger partial charge on any atom is 0.334 e. The molecule has 0 saturated heterocycles. The number of aromatic nitrogens is 4. The zero-order valence-electron chi connectivity index (χ0n) is 14.1. The number of pyridine rings is 2. The summed E-state index contributed by atoms with van der Waals surface area (Å²) >= 11 is 5.76. The summed E-state index contributed by atoms with van der Waals surface area (Å²) in [5.41, 5.74) is -0.908. The molecule has 0 atom stereocenters. The van der Waals surface area contributed by atoms with E-state index in [0.717, 1.165) is 10.6 Å². The third-order valence-corrected chi connectivity index (χ3v) is 4.16. The SMILES string of the molecule is CC(=O)c1ccnc(C(C)C)c1-n1c(=O)[nH]c(=O)c2cc(F)c(Cl)nc21. The van der Waals surface area contributed by atoms with Crippen LogP contribution in [0.2, 0.25) is 5.15 Å². The van der Waals surface area contributed by atoms with Crippen LogP contribution in [0.5, 0.6) is 0 Å². The van der Waals surface area contributed by atoms with Crippen molar-refractivity contribution in [1.82, 2.24) is 19.5 Å². The molecule has 3 rings (SSSR count). The number of hydrogen-bond donors (Lipinski definition) is 1. The monoisotopic (exact) mass is 376 g/mol. The molecular weight excluding hydrogens is 363 g/mol. The molecular formula is C17H14ClFN4O3. The summed E-state index contributed by atoms with van der Waals surface area (Å²) in [6, 6.07) is 2.37. The second-order valence-corrected chi connectivity index (χ2v) is 6.39. The van der Waals surface area contributed by atoms with Crippen molar-refractivity contribution in [2.24, 2.45) is 0 Å². The first-order chi connectivity index (χ1) is 12.2. The minimum atomic E-state index is -0.892. The molecule has 3 heterocycles. The van der Waals surface area contributed by atoms with Gasteiger partial charge >= 0.3 is 5.69 Å². The number of carbonyl (C=O) groups excluding carboxylic acids is 1. The Morgan fingerprint density at radius 2 is 2.04 bits per heavy atom. The molecule has 9 heteroatoms. The van der Waals surface area contributed by atoms with Gasteiger partial charge in [0.1, 0.15) is 0 Å². The van der Waals surface area contributed by atoms with Crippen molar-refractivity contribution >= 4 is 28.4 Å². The van der Waals surface area contributed by atoms with Crippen LogP contribution in [0.15, 0.2) is 27.9 Å². The van der Waals surface area contributed by atoms with E-state index in [0.29, 0.717) is 5.69 Å². The first-order valence-corrected chi connectivity index (χ1v) is 8.11. The van der Waals surface area contributed by atoms with Crippen molar-refractivity contribution in [3.05, 3.63) is 61.4 Å². The second kappa shape index (κ2) is 6.45. The van der Waals surface area contributed by atoms with Gasteiger partial charge in [0, 0.05) is 11.8 Å². The van der Waals surface area contributed by atoms with Crippen molar-refractivity contribution in [3.8, 4) is 5.69 Å². The highest BCUT2D eigenvalue weighted by Gasteiger charge is 2.22. The van der Waals surface area contributed by atoms with Gasteiger partial charge in [0.15, 0.2) is 22.4 Å². The number of rotatable bonds is 3. The standard InChI is InChI=1S/C17H14ClFN4O3/c1-7(2)12-13(9(8(3)24)4-5-20-12)23-15-10(16(25)22-17(23)26)6-11(19)14(18)21-15/h4-7H,1-3H3,(H,22,25,26). The van der Waals surface area contributed by atoms with Gasteiger partial charge in [-0.1, -0.05) is 25.4 Å². The fraction of sp³-hybridized carbons (Fsp3) is 0.235. The van der Waals surface area contributed by atoms with Crippen molar-refractivity contribution in [2.45, 2.75) is 26.7 Å². The number of halogens is 2. The third-order valence-electron chi connectivity index (χ3n) is 3.90. The van der Waals surface area contributed by atoms with E-state index in [1.165, 1.54) is 19.2 Å². The van der Waals surface area contributed by atoms with E-state index < -0.39 is 22.2 Å². The van der Waals surface area contributed by atoms with Crippen LogP contribution in [0.25, 0.3) is 16.7 Å². The van der Waals surface area contributed by atoms with Crippen LogP contribution in [0, 0.1) is 5.82 Å². The molecule has 0 fully saturated rings. The molecule has 0 aromatic carbocycles. The Morgan fingerprint density at radius 1 is 1.35 bits per heavy atom. The quantitative estimate of drug-likeness (QED) is 0.559. The van der Waals surface area contributed by atoms with Crippen molar-refractivity contribution < 1.29 is 9.18 Å². The highest BCUT2D eigenvalue weighted by Crippen LogP contribution is 2.26. The molecule has 0 unspecified atom stereocenters. The minimum absolute atomic E-state index is 0.144. The number of carbonyl (C=O) groups is 1. The summed E-state index contributed by atoms with van der Waals surface area (Å²) in [4.78, 5) is 47.1. The third kappa shape index (κ3) is 2.82. The van der Waals surface area contributed by atoms with Crippen LogP contribution >= 0.6 is 11.6 Å². The Balaban J connectivity index is 2.59. The molecule has 134 valence electrons. The molecule has 3 aromatic rings. The highest BCUT2D eigenvalue weighted by atomic mass is 35.5. The van der Waals surface area contributed by atoms with E-state index in [1.54, 1.807) is 0 Å². The molecule has 0 amide bonds. The molecule has 0 saturated carbocycles. The fourth-order valence-electron chi connectivity index (χ4n) is 2.73. The Morgan fingerprint density at radius 3 is 2.65 bits per heavy atom. The zero-order valence-corrected chi connectivity index (χ0v) is 14.9. The van der Waals surface area contributed by atoms with E-state index >= 15 is 0 Å². The van der Waals surface area contributed by atoms with Crippen molar-refractivity contribution in [2.75, 3.05) is 0 Å². The number of nitrogens with one attached hydrogen (secondary N) is 1. The fourth-order valence-corrected chi connectivity index (χ4v) is 2.87. The molecule has 26 heavy (non-hydrogen) atoms. The van der Waals surface area contributed by atoms with Gasteiger partial charge in [-0.25, -0.2) is 18.7 Å². The van der Waals surface area contributed by atoms with Crippen LogP contribution in [0.4, 0.5) is 4.39 Å². The predicted octanol–water partition coefficient (Wildman–Crippen LogP) is 2.59. The van der Waals surface area contributed by atoms with Gasteiger partial charge in [0.25, 0.3) is 5.56 Å². The lowest BCUT2D eigenvalue weighted by atomic mass is 10.0. The number of fused-ring (bicyclic) bond motifs is 1. The number of nitrogens with zero attached hydrogens (tertiary/aromatic N) is 3. The van der Waals surface area contributed by atoms with Gasteiger partial charge in [0.2, 0.25) is 0 Å². The molecule has 0 aliphatic rings. The summed E-state index contributed by atoms with van der Waals surface area (Å²) in [6.07, 6.45) is 1.47. The average molecular weight is 377 g/mol. The average Bonchev–Trinajstić information content (AvgIpc) is 2.56. The number of ketones is 1. The molecule has 0 radical (unpaired) electrons. The number of H-pyrrole nitrogens is 1. The van der Waals surface area contributed by atoms with Gasteiger partial charge in [-0.05, 0) is 25.0 Å². The van der Waals surface area contributed by atoms with Gasteiger partial charge in [0.05, 0.1) is 16.8 Å². The maximum absolute atomic E-state index is 13.8. The molecule has 0 spiro atoms. The summed E-state index contributed by atoms with van der Waals surface area (Å²) in [5, 5.41) is -0.657. The maximum atomic E-state index is 13.8. The molecule has 3 aromatic heterocycles. The van der Waals surface area contributed by atoms with E-state index in [1.807, 2.05) is 13.8 Å². The van der Waals surface area contributed by atoms with E-state index in [-0.39, 0.29) is 34.0 Å². The molecule has 0 aliphatic heterocycles. The smallest absolute Gasteiger partial charge is 0.294 e.